The predicted octanol–water partition coefficient (Wildman–Crippen LogP) is 3.42. The highest BCUT2D eigenvalue weighted by atomic mass is 28.4. The smallest absolute Gasteiger partial charge is 0.377 e. The molecule has 1 unspecified atom stereocenters. The summed E-state index contributed by atoms with van der Waals surface area (Å²) >= 11 is 0. The van der Waals surface area contributed by atoms with E-state index >= 15 is 0 Å². The van der Waals surface area contributed by atoms with Gasteiger partial charge in [0.1, 0.15) is 0 Å². The van der Waals surface area contributed by atoms with Crippen molar-refractivity contribution in [2.24, 2.45) is 0 Å². The molecule has 0 spiro atoms. The Morgan fingerprint density at radius 1 is 0.950 bits per heavy atom. The van der Waals surface area contributed by atoms with Gasteiger partial charge in [0, 0.05) is 27.4 Å². The minimum atomic E-state index is -2.69. The van der Waals surface area contributed by atoms with Crippen LogP contribution in [0.4, 0.5) is 0 Å². The third kappa shape index (κ3) is 4.99. The van der Waals surface area contributed by atoms with Gasteiger partial charge in [0.05, 0.1) is 11.7 Å². The zero-order valence-corrected chi connectivity index (χ0v) is 14.3. The van der Waals surface area contributed by atoms with E-state index < -0.39 is 8.80 Å². The lowest BCUT2D eigenvalue weighted by Gasteiger charge is -2.33. The SMILES string of the molecule is CO[Si](CC(OC(C)(C)C)c1ccccc1)(OC)OC. The standard InChI is InChI=1S/C15H26O4Si/c1-15(2,3)19-14(13-10-8-7-9-11-13)12-20(16-4,17-5)18-6/h7-11,14H,12H2,1-6H3. The van der Waals surface area contributed by atoms with Crippen molar-refractivity contribution < 1.29 is 18.0 Å². The highest BCUT2D eigenvalue weighted by Gasteiger charge is 2.42. The maximum atomic E-state index is 6.18. The average Bonchev–Trinajstić information content (AvgIpc) is 2.43. The molecule has 114 valence electrons. The van der Waals surface area contributed by atoms with Gasteiger partial charge in [0.25, 0.3) is 0 Å². The van der Waals surface area contributed by atoms with Gasteiger partial charge in [-0.05, 0) is 26.3 Å². The highest BCUT2D eigenvalue weighted by molar-refractivity contribution is 6.60. The molecule has 0 N–H and O–H groups in total. The molecule has 0 aliphatic heterocycles. The zero-order valence-electron chi connectivity index (χ0n) is 13.3. The van der Waals surface area contributed by atoms with E-state index in [1.807, 2.05) is 39.0 Å². The molecule has 20 heavy (non-hydrogen) atoms. The average molecular weight is 298 g/mol. The van der Waals surface area contributed by atoms with Crippen molar-refractivity contribution in [1.82, 2.24) is 0 Å². The molecule has 0 aliphatic carbocycles. The molecular weight excluding hydrogens is 272 g/mol. The monoisotopic (exact) mass is 298 g/mol. The van der Waals surface area contributed by atoms with Crippen LogP contribution in [-0.4, -0.2) is 35.7 Å². The van der Waals surface area contributed by atoms with Crippen LogP contribution in [0.15, 0.2) is 30.3 Å². The van der Waals surface area contributed by atoms with Crippen LogP contribution in [0.5, 0.6) is 0 Å². The van der Waals surface area contributed by atoms with Crippen molar-refractivity contribution in [2.45, 2.75) is 38.5 Å². The molecular formula is C15H26O4Si. The molecule has 1 rings (SSSR count). The fourth-order valence-electron chi connectivity index (χ4n) is 2.05. The number of hydrogen-bond donors (Lipinski definition) is 0. The van der Waals surface area contributed by atoms with Gasteiger partial charge in [-0.25, -0.2) is 0 Å². The minimum absolute atomic E-state index is 0.122. The quantitative estimate of drug-likeness (QED) is 0.723. The summed E-state index contributed by atoms with van der Waals surface area (Å²) in [5.41, 5.74) is 0.848. The molecule has 0 amide bonds. The van der Waals surface area contributed by atoms with E-state index in [4.69, 9.17) is 18.0 Å². The predicted molar refractivity (Wildman–Crippen MR) is 81.6 cm³/mol. The molecule has 5 heteroatoms. The van der Waals surface area contributed by atoms with Gasteiger partial charge in [0.2, 0.25) is 0 Å². The fraction of sp³-hybridized carbons (Fsp3) is 0.600. The summed E-state index contributed by atoms with van der Waals surface area (Å²) in [5.74, 6) is 0. The molecule has 1 aromatic rings. The summed E-state index contributed by atoms with van der Waals surface area (Å²) in [6, 6.07) is 10.7. The van der Waals surface area contributed by atoms with Crippen molar-refractivity contribution in [1.29, 1.82) is 0 Å². The van der Waals surface area contributed by atoms with E-state index in [0.717, 1.165) is 5.56 Å². The Kier molecular flexibility index (Phi) is 6.35. The minimum Gasteiger partial charge on any atom is -0.377 e. The fourth-order valence-corrected chi connectivity index (χ4v) is 3.82. The Labute approximate surface area is 123 Å². The van der Waals surface area contributed by atoms with Crippen LogP contribution < -0.4 is 0 Å². The second-order valence-electron chi connectivity index (χ2n) is 5.63. The maximum absolute atomic E-state index is 6.18. The molecule has 0 bridgehead atoms. The summed E-state index contributed by atoms with van der Waals surface area (Å²) in [6.45, 7) is 6.12. The van der Waals surface area contributed by atoms with E-state index in [9.17, 15) is 0 Å². The summed E-state index contributed by atoms with van der Waals surface area (Å²) in [4.78, 5) is 0. The van der Waals surface area contributed by atoms with Crippen LogP contribution in [-0.2, 0) is 18.0 Å². The molecule has 0 aliphatic rings. The number of benzene rings is 1. The first kappa shape index (κ1) is 17.3. The topological polar surface area (TPSA) is 36.9 Å². The molecule has 1 atom stereocenters. The van der Waals surface area contributed by atoms with Crippen molar-refractivity contribution in [3.05, 3.63) is 35.9 Å². The highest BCUT2D eigenvalue weighted by Crippen LogP contribution is 2.32. The van der Waals surface area contributed by atoms with Gasteiger partial charge in [-0.2, -0.15) is 0 Å². The Morgan fingerprint density at radius 3 is 1.85 bits per heavy atom. The Morgan fingerprint density at radius 2 is 1.45 bits per heavy atom. The van der Waals surface area contributed by atoms with Crippen molar-refractivity contribution >= 4 is 8.80 Å². The van der Waals surface area contributed by atoms with Crippen molar-refractivity contribution in [3.63, 3.8) is 0 Å². The third-order valence-corrected chi connectivity index (χ3v) is 5.77. The molecule has 0 saturated carbocycles. The van der Waals surface area contributed by atoms with Gasteiger partial charge < -0.3 is 18.0 Å². The molecule has 0 heterocycles. The van der Waals surface area contributed by atoms with Crippen LogP contribution in [0.2, 0.25) is 6.04 Å². The molecule has 0 radical (unpaired) electrons. The first-order chi connectivity index (χ1) is 9.36. The van der Waals surface area contributed by atoms with E-state index in [1.165, 1.54) is 0 Å². The normalized spacial score (nSPS) is 14.3. The second kappa shape index (κ2) is 7.33. The lowest BCUT2D eigenvalue weighted by molar-refractivity contribution is -0.0603. The van der Waals surface area contributed by atoms with E-state index in [-0.39, 0.29) is 11.7 Å². The molecule has 0 aromatic heterocycles. The van der Waals surface area contributed by atoms with Crippen LogP contribution in [0, 0.1) is 0 Å². The van der Waals surface area contributed by atoms with E-state index in [1.54, 1.807) is 21.3 Å². The number of rotatable bonds is 7. The van der Waals surface area contributed by atoms with Gasteiger partial charge in [-0.3, -0.25) is 0 Å². The van der Waals surface area contributed by atoms with Crippen molar-refractivity contribution in [2.75, 3.05) is 21.3 Å². The summed E-state index contributed by atoms with van der Waals surface area (Å²) in [7, 11) is 2.18. The molecule has 0 fully saturated rings. The maximum Gasteiger partial charge on any atom is 0.503 e. The largest absolute Gasteiger partial charge is 0.503 e. The zero-order chi connectivity index (χ0) is 15.2. The van der Waals surface area contributed by atoms with Crippen LogP contribution in [0.1, 0.15) is 32.4 Å². The summed E-state index contributed by atoms with van der Waals surface area (Å²) in [6.07, 6.45) is -0.122. The summed E-state index contributed by atoms with van der Waals surface area (Å²) < 4.78 is 22.7. The molecule has 0 saturated heterocycles. The number of ether oxygens (including phenoxy) is 1. The van der Waals surface area contributed by atoms with Gasteiger partial charge in [-0.15, -0.1) is 0 Å². The first-order valence-corrected chi connectivity index (χ1v) is 8.67. The van der Waals surface area contributed by atoms with Gasteiger partial charge in [-0.1, -0.05) is 30.3 Å². The third-order valence-electron chi connectivity index (χ3n) is 3.04. The molecule has 1 aromatic carbocycles. The van der Waals surface area contributed by atoms with Crippen LogP contribution in [0.3, 0.4) is 0 Å². The van der Waals surface area contributed by atoms with Crippen LogP contribution >= 0.6 is 0 Å². The van der Waals surface area contributed by atoms with Crippen molar-refractivity contribution in [3.8, 4) is 0 Å². The lowest BCUT2D eigenvalue weighted by atomic mass is 10.1. The Bertz CT molecular complexity index is 376. The molecule has 4 nitrogen and oxygen atoms in total. The lowest BCUT2D eigenvalue weighted by Crippen LogP contribution is -2.45. The second-order valence-corrected chi connectivity index (χ2v) is 8.63. The van der Waals surface area contributed by atoms with E-state index in [0.29, 0.717) is 6.04 Å². The van der Waals surface area contributed by atoms with Gasteiger partial charge >= 0.3 is 8.80 Å². The van der Waals surface area contributed by atoms with Crippen LogP contribution in [0.25, 0.3) is 0 Å². The number of hydrogen-bond acceptors (Lipinski definition) is 4. The Balaban J connectivity index is 2.99. The Hall–Kier alpha value is -0.723. The van der Waals surface area contributed by atoms with E-state index in [2.05, 4.69) is 12.1 Å². The summed E-state index contributed by atoms with van der Waals surface area (Å²) in [5, 5.41) is 0. The van der Waals surface area contributed by atoms with Gasteiger partial charge in [0.15, 0.2) is 0 Å². The first-order valence-electron chi connectivity index (χ1n) is 6.74.